The van der Waals surface area contributed by atoms with Crippen molar-refractivity contribution in [3.63, 3.8) is 0 Å². The van der Waals surface area contributed by atoms with Crippen molar-refractivity contribution in [2.24, 2.45) is 0 Å². The van der Waals surface area contributed by atoms with E-state index in [1.54, 1.807) is 6.92 Å². The summed E-state index contributed by atoms with van der Waals surface area (Å²) in [5.74, 6) is 0.0186. The number of piperazine rings is 1. The molecule has 1 amide bonds. The van der Waals surface area contributed by atoms with Crippen LogP contribution in [0.4, 0.5) is 4.79 Å². The summed E-state index contributed by atoms with van der Waals surface area (Å²) in [5.41, 5.74) is -0.245. The van der Waals surface area contributed by atoms with Gasteiger partial charge in [0.25, 0.3) is 5.56 Å². The number of fused-ring (bicyclic) bond motifs is 3. The predicted octanol–water partition coefficient (Wildman–Crippen LogP) is 1.87. The maximum atomic E-state index is 12.3. The highest BCUT2D eigenvalue weighted by Gasteiger charge is 2.47. The Morgan fingerprint density at radius 3 is 2.96 bits per heavy atom. The average molecular weight is 414 g/mol. The number of hydrogen-bond acceptors (Lipinski definition) is 6. The minimum atomic E-state index is -0.931. The highest BCUT2D eigenvalue weighted by molar-refractivity contribution is 6.44. The molecule has 2 fully saturated rings. The molecule has 144 valence electrons. The van der Waals surface area contributed by atoms with Crippen molar-refractivity contribution >= 4 is 40.2 Å². The number of hydrogen-bond donors (Lipinski definition) is 3. The monoisotopic (exact) mass is 413 g/mol. The van der Waals surface area contributed by atoms with Crippen molar-refractivity contribution in [1.82, 2.24) is 25.2 Å². The molecule has 0 saturated carbocycles. The van der Waals surface area contributed by atoms with Crippen LogP contribution in [0.25, 0.3) is 10.9 Å². The number of aromatic nitrogens is 3. The molecule has 27 heavy (non-hydrogen) atoms. The van der Waals surface area contributed by atoms with Crippen molar-refractivity contribution in [2.45, 2.75) is 44.0 Å². The van der Waals surface area contributed by atoms with E-state index >= 15 is 0 Å². The van der Waals surface area contributed by atoms with Crippen LogP contribution >= 0.6 is 23.2 Å². The molecule has 2 bridgehead atoms. The Hall–Kier alpha value is -2.10. The second-order valence-corrected chi connectivity index (χ2v) is 7.46. The molecule has 0 radical (unpaired) electrons. The molecule has 2 aromatic rings. The SMILES string of the molecule is CC(Oc1nc(Cl)c(Cl)c2nc[nH]c(=O)c12)[C@H]1NC[C@H]2CC[C@@H]1N2C(=O)O. The smallest absolute Gasteiger partial charge is 0.407 e. The third-order valence-electron chi connectivity index (χ3n) is 5.23. The first-order chi connectivity index (χ1) is 12.9. The number of amides is 1. The van der Waals surface area contributed by atoms with Crippen LogP contribution in [0.3, 0.4) is 0 Å². The molecule has 4 rings (SSSR count). The molecule has 0 aromatic carbocycles. The van der Waals surface area contributed by atoms with E-state index in [2.05, 4.69) is 20.3 Å². The van der Waals surface area contributed by atoms with Crippen molar-refractivity contribution in [1.29, 1.82) is 0 Å². The van der Waals surface area contributed by atoms with E-state index in [0.717, 1.165) is 12.8 Å². The fourth-order valence-corrected chi connectivity index (χ4v) is 4.39. The number of H-pyrrole nitrogens is 1. The highest BCUT2D eigenvalue weighted by atomic mass is 35.5. The number of carboxylic acid groups (broad SMARTS) is 1. The van der Waals surface area contributed by atoms with Gasteiger partial charge in [0.2, 0.25) is 5.88 Å². The predicted molar refractivity (Wildman–Crippen MR) is 98.7 cm³/mol. The zero-order valence-corrected chi connectivity index (χ0v) is 15.8. The van der Waals surface area contributed by atoms with Crippen LogP contribution in [0.2, 0.25) is 10.2 Å². The third-order valence-corrected chi connectivity index (χ3v) is 5.96. The van der Waals surface area contributed by atoms with Gasteiger partial charge in [-0.3, -0.25) is 9.69 Å². The van der Waals surface area contributed by atoms with Crippen LogP contribution in [0.5, 0.6) is 5.88 Å². The average Bonchev–Trinajstić information content (AvgIpc) is 2.93. The number of nitrogens with one attached hydrogen (secondary N) is 2. The van der Waals surface area contributed by atoms with E-state index in [-0.39, 0.29) is 45.1 Å². The summed E-state index contributed by atoms with van der Waals surface area (Å²) in [5, 5.41) is 13.0. The lowest BCUT2D eigenvalue weighted by molar-refractivity contribution is 0.0544. The summed E-state index contributed by atoms with van der Waals surface area (Å²) in [7, 11) is 0. The molecule has 9 nitrogen and oxygen atoms in total. The van der Waals surface area contributed by atoms with Gasteiger partial charge in [-0.1, -0.05) is 23.2 Å². The summed E-state index contributed by atoms with van der Waals surface area (Å²) >= 11 is 12.2. The molecule has 0 aliphatic carbocycles. The Labute approximate surface area is 163 Å². The number of nitrogens with zero attached hydrogens (tertiary/aromatic N) is 3. The number of carbonyl (C=O) groups is 1. The summed E-state index contributed by atoms with van der Waals surface area (Å²) in [6.45, 7) is 2.36. The summed E-state index contributed by atoms with van der Waals surface area (Å²) in [4.78, 5) is 36.0. The Morgan fingerprint density at radius 2 is 2.22 bits per heavy atom. The van der Waals surface area contributed by atoms with Crippen molar-refractivity contribution in [3.8, 4) is 5.88 Å². The van der Waals surface area contributed by atoms with Gasteiger partial charge in [-0.05, 0) is 19.8 Å². The van der Waals surface area contributed by atoms with Gasteiger partial charge < -0.3 is 20.1 Å². The molecule has 0 spiro atoms. The van der Waals surface area contributed by atoms with Gasteiger partial charge in [0.1, 0.15) is 22.0 Å². The van der Waals surface area contributed by atoms with E-state index in [0.29, 0.717) is 6.54 Å². The number of halogens is 2. The molecule has 4 atom stereocenters. The Bertz CT molecular complexity index is 968. The van der Waals surface area contributed by atoms with Crippen molar-refractivity contribution < 1.29 is 14.6 Å². The van der Waals surface area contributed by atoms with Gasteiger partial charge >= 0.3 is 6.09 Å². The second-order valence-electron chi connectivity index (χ2n) is 6.72. The van der Waals surface area contributed by atoms with Crippen LogP contribution < -0.4 is 15.6 Å². The van der Waals surface area contributed by atoms with Gasteiger partial charge in [0, 0.05) is 12.6 Å². The van der Waals surface area contributed by atoms with Crippen LogP contribution in [0.1, 0.15) is 19.8 Å². The highest BCUT2D eigenvalue weighted by Crippen LogP contribution is 2.34. The van der Waals surface area contributed by atoms with Gasteiger partial charge in [-0.2, -0.15) is 4.98 Å². The van der Waals surface area contributed by atoms with Gasteiger partial charge in [-0.15, -0.1) is 0 Å². The zero-order chi connectivity index (χ0) is 19.3. The first-order valence-corrected chi connectivity index (χ1v) is 9.27. The second kappa shape index (κ2) is 6.81. The molecule has 3 N–H and O–H groups in total. The minimum absolute atomic E-state index is 0.0186. The molecule has 1 unspecified atom stereocenters. The standard InChI is InChI=1S/C16H17Cl2N5O4/c1-6(11-8-3-2-7(4-19-11)23(8)16(25)26)27-15-9-12(10(17)13(18)22-15)20-5-21-14(9)24/h5-8,11,19H,2-4H2,1H3,(H,25,26)(H,20,21,24)/t6?,7-,8+,11-/m1/s1. The molecule has 11 heteroatoms. The molecule has 4 heterocycles. The minimum Gasteiger partial charge on any atom is -0.472 e. The quantitative estimate of drug-likeness (QED) is 0.656. The topological polar surface area (TPSA) is 120 Å². The van der Waals surface area contributed by atoms with Crippen LogP contribution in [-0.2, 0) is 0 Å². The number of ether oxygens (including phenoxy) is 1. The maximum absolute atomic E-state index is 12.3. The Balaban J connectivity index is 1.68. The normalized spacial score (nSPS) is 25.6. The van der Waals surface area contributed by atoms with E-state index in [9.17, 15) is 14.7 Å². The Morgan fingerprint density at radius 1 is 1.44 bits per heavy atom. The molecule has 2 aliphatic rings. The fraction of sp³-hybridized carbons (Fsp3) is 0.500. The number of pyridine rings is 1. The van der Waals surface area contributed by atoms with E-state index < -0.39 is 17.8 Å². The van der Waals surface area contributed by atoms with Gasteiger partial charge in [0.05, 0.1) is 18.4 Å². The van der Waals surface area contributed by atoms with E-state index in [1.165, 1.54) is 11.2 Å². The van der Waals surface area contributed by atoms with Crippen LogP contribution in [-0.4, -0.2) is 61.8 Å². The molecular formula is C16H17Cl2N5O4. The lowest BCUT2D eigenvalue weighted by Crippen LogP contribution is -2.63. The van der Waals surface area contributed by atoms with Crippen LogP contribution in [0, 0.1) is 0 Å². The van der Waals surface area contributed by atoms with Gasteiger partial charge in [0.15, 0.2) is 5.15 Å². The van der Waals surface area contributed by atoms with Gasteiger partial charge in [-0.25, -0.2) is 9.78 Å². The van der Waals surface area contributed by atoms with Crippen molar-refractivity contribution in [2.75, 3.05) is 6.54 Å². The largest absolute Gasteiger partial charge is 0.472 e. The first kappa shape index (κ1) is 18.3. The summed E-state index contributed by atoms with van der Waals surface area (Å²) < 4.78 is 5.97. The molecule has 2 saturated heterocycles. The summed E-state index contributed by atoms with van der Waals surface area (Å²) in [6.07, 6.45) is 1.39. The lowest BCUT2D eigenvalue weighted by Gasteiger charge is -2.41. The zero-order valence-electron chi connectivity index (χ0n) is 14.3. The van der Waals surface area contributed by atoms with E-state index in [4.69, 9.17) is 27.9 Å². The third kappa shape index (κ3) is 2.99. The molecule has 2 aliphatic heterocycles. The van der Waals surface area contributed by atoms with E-state index in [1.807, 2.05) is 0 Å². The summed E-state index contributed by atoms with van der Waals surface area (Å²) in [6, 6.07) is -0.476. The number of aromatic amines is 1. The first-order valence-electron chi connectivity index (χ1n) is 8.52. The molecule has 2 aromatic heterocycles. The lowest BCUT2D eigenvalue weighted by atomic mass is 10.0. The molecular weight excluding hydrogens is 397 g/mol. The van der Waals surface area contributed by atoms with Crippen LogP contribution in [0.15, 0.2) is 11.1 Å². The number of rotatable bonds is 3. The maximum Gasteiger partial charge on any atom is 0.407 e. The fourth-order valence-electron chi connectivity index (χ4n) is 4.04. The van der Waals surface area contributed by atoms with Crippen molar-refractivity contribution in [3.05, 3.63) is 26.9 Å². The Kier molecular flexibility index (Phi) is 4.61.